The number of para-hydroxylation sites is 1. The lowest BCUT2D eigenvalue weighted by molar-refractivity contribution is 0.0837. The molecule has 1 aliphatic rings. The molecular formula is C19H20FN5O. The largest absolute Gasteiger partial charge is 0.349 e. The highest BCUT2D eigenvalue weighted by Gasteiger charge is 2.32. The molecule has 0 saturated carbocycles. The van der Waals surface area contributed by atoms with Gasteiger partial charge in [-0.2, -0.15) is 0 Å². The molecule has 0 aliphatic carbocycles. The molecule has 3 heterocycles. The fraction of sp³-hybridized carbons (Fsp3) is 0.316. The van der Waals surface area contributed by atoms with Crippen molar-refractivity contribution in [1.29, 1.82) is 0 Å². The van der Waals surface area contributed by atoms with Gasteiger partial charge in [0.05, 0.1) is 12.1 Å². The molecule has 134 valence electrons. The number of benzene rings is 1. The summed E-state index contributed by atoms with van der Waals surface area (Å²) in [6.07, 6.45) is 4.00. The molecular weight excluding hydrogens is 333 g/mol. The minimum absolute atomic E-state index is 0.0179. The molecule has 1 aromatic carbocycles. The van der Waals surface area contributed by atoms with Crippen LogP contribution in [0.3, 0.4) is 0 Å². The number of rotatable bonds is 4. The van der Waals surface area contributed by atoms with Gasteiger partial charge in [0.15, 0.2) is 5.65 Å². The molecule has 0 bridgehead atoms. The number of pyridine rings is 1. The van der Waals surface area contributed by atoms with Crippen LogP contribution in [0.15, 0.2) is 48.9 Å². The summed E-state index contributed by atoms with van der Waals surface area (Å²) in [6, 6.07) is 11.4. The van der Waals surface area contributed by atoms with Gasteiger partial charge >= 0.3 is 0 Å². The van der Waals surface area contributed by atoms with Crippen LogP contribution in [0.2, 0.25) is 0 Å². The third-order valence-electron chi connectivity index (χ3n) is 4.75. The summed E-state index contributed by atoms with van der Waals surface area (Å²) in [7, 11) is 0. The molecule has 4 rings (SSSR count). The Hall–Kier alpha value is -2.80. The highest BCUT2D eigenvalue weighted by Crippen LogP contribution is 2.22. The minimum atomic E-state index is -1.34. The number of nitrogens with one attached hydrogen (secondary N) is 2. The second kappa shape index (κ2) is 6.84. The standard InChI is InChI=1S/C19H20FN5O/c20-19(6-8-21-9-7-19)12-23-18(26)14-10-16-17(22-11-14)25(13-24-16)15-4-2-1-3-5-15/h1-5,10-11,13,21H,6-9,12H2,(H,23,26). The SMILES string of the molecule is O=C(NCC1(F)CCNCC1)c1cnc2c(c1)ncn2-c1ccccc1. The number of aromatic nitrogens is 3. The van der Waals surface area contributed by atoms with Crippen molar-refractivity contribution in [2.75, 3.05) is 19.6 Å². The Bertz CT molecular complexity index is 918. The number of alkyl halides is 1. The zero-order valence-electron chi connectivity index (χ0n) is 14.3. The third-order valence-corrected chi connectivity index (χ3v) is 4.75. The number of carbonyl (C=O) groups is 1. The van der Waals surface area contributed by atoms with Crippen molar-refractivity contribution in [2.24, 2.45) is 0 Å². The maximum atomic E-state index is 14.6. The van der Waals surface area contributed by atoms with Crippen molar-refractivity contribution >= 4 is 17.1 Å². The summed E-state index contributed by atoms with van der Waals surface area (Å²) in [5.74, 6) is -0.329. The number of hydrogen-bond donors (Lipinski definition) is 2. The Balaban J connectivity index is 1.51. The Morgan fingerprint density at radius 3 is 2.77 bits per heavy atom. The molecule has 0 spiro atoms. The van der Waals surface area contributed by atoms with E-state index in [1.807, 2.05) is 34.9 Å². The molecule has 1 fully saturated rings. The van der Waals surface area contributed by atoms with Crippen molar-refractivity contribution in [2.45, 2.75) is 18.5 Å². The molecule has 1 amide bonds. The molecule has 0 unspecified atom stereocenters. The lowest BCUT2D eigenvalue weighted by Crippen LogP contribution is -2.46. The number of halogens is 1. The van der Waals surface area contributed by atoms with E-state index in [1.54, 1.807) is 12.4 Å². The first-order valence-corrected chi connectivity index (χ1v) is 8.71. The van der Waals surface area contributed by atoms with Gasteiger partial charge in [-0.15, -0.1) is 0 Å². The van der Waals surface area contributed by atoms with Crippen LogP contribution < -0.4 is 10.6 Å². The summed E-state index contributed by atoms with van der Waals surface area (Å²) >= 11 is 0. The van der Waals surface area contributed by atoms with Crippen molar-refractivity contribution in [1.82, 2.24) is 25.2 Å². The number of nitrogens with zero attached hydrogens (tertiary/aromatic N) is 3. The first-order valence-electron chi connectivity index (χ1n) is 8.71. The highest BCUT2D eigenvalue weighted by atomic mass is 19.1. The number of hydrogen-bond acceptors (Lipinski definition) is 4. The molecule has 3 aromatic rings. The van der Waals surface area contributed by atoms with Crippen molar-refractivity contribution in [3.63, 3.8) is 0 Å². The number of amides is 1. The van der Waals surface area contributed by atoms with Gasteiger partial charge in [0.2, 0.25) is 0 Å². The predicted octanol–water partition coefficient (Wildman–Crippen LogP) is 2.24. The summed E-state index contributed by atoms with van der Waals surface area (Å²) in [4.78, 5) is 21.1. The van der Waals surface area contributed by atoms with Gasteiger partial charge in [-0.1, -0.05) is 18.2 Å². The number of fused-ring (bicyclic) bond motifs is 1. The highest BCUT2D eigenvalue weighted by molar-refractivity contribution is 5.96. The maximum Gasteiger partial charge on any atom is 0.253 e. The molecule has 2 aromatic heterocycles. The summed E-state index contributed by atoms with van der Waals surface area (Å²) in [6.45, 7) is 1.29. The van der Waals surface area contributed by atoms with E-state index in [-0.39, 0.29) is 12.5 Å². The normalized spacial score (nSPS) is 16.5. The molecule has 1 aliphatic heterocycles. The molecule has 7 heteroatoms. The van der Waals surface area contributed by atoms with Crippen LogP contribution >= 0.6 is 0 Å². The number of imidazole rings is 1. The molecule has 26 heavy (non-hydrogen) atoms. The van der Waals surface area contributed by atoms with E-state index in [0.29, 0.717) is 42.7 Å². The van der Waals surface area contributed by atoms with E-state index in [2.05, 4.69) is 20.6 Å². The van der Waals surface area contributed by atoms with Crippen LogP contribution in [0.5, 0.6) is 0 Å². The van der Waals surface area contributed by atoms with Crippen molar-refractivity contribution in [3.05, 3.63) is 54.5 Å². The Labute approximate surface area is 150 Å². The quantitative estimate of drug-likeness (QED) is 0.755. The lowest BCUT2D eigenvalue weighted by atomic mass is 9.94. The first kappa shape index (κ1) is 16.7. The Morgan fingerprint density at radius 1 is 1.23 bits per heavy atom. The summed E-state index contributed by atoms with van der Waals surface area (Å²) in [5.41, 5.74) is 1.29. The second-order valence-corrected chi connectivity index (χ2v) is 6.60. The zero-order chi connectivity index (χ0) is 18.0. The molecule has 0 atom stereocenters. The van der Waals surface area contributed by atoms with Gasteiger partial charge in [0.1, 0.15) is 17.5 Å². The molecule has 2 N–H and O–H groups in total. The van der Waals surface area contributed by atoms with Gasteiger partial charge in [-0.05, 0) is 44.1 Å². The fourth-order valence-corrected chi connectivity index (χ4v) is 3.20. The molecule has 6 nitrogen and oxygen atoms in total. The smallest absolute Gasteiger partial charge is 0.253 e. The first-order chi connectivity index (χ1) is 12.6. The van der Waals surface area contributed by atoms with Crippen LogP contribution in [-0.4, -0.2) is 45.7 Å². The van der Waals surface area contributed by atoms with Gasteiger partial charge in [0, 0.05) is 11.9 Å². The number of carbonyl (C=O) groups excluding carboxylic acids is 1. The minimum Gasteiger partial charge on any atom is -0.349 e. The average Bonchev–Trinajstić information content (AvgIpc) is 3.11. The lowest BCUT2D eigenvalue weighted by Gasteiger charge is -2.30. The average molecular weight is 353 g/mol. The molecule has 1 saturated heterocycles. The maximum absolute atomic E-state index is 14.6. The van der Waals surface area contributed by atoms with Crippen molar-refractivity contribution < 1.29 is 9.18 Å². The monoisotopic (exact) mass is 353 g/mol. The third kappa shape index (κ3) is 3.30. The van der Waals surface area contributed by atoms with E-state index >= 15 is 0 Å². The van der Waals surface area contributed by atoms with Crippen LogP contribution in [0.4, 0.5) is 4.39 Å². The van der Waals surface area contributed by atoms with Crippen molar-refractivity contribution in [3.8, 4) is 5.69 Å². The second-order valence-electron chi connectivity index (χ2n) is 6.60. The Kier molecular flexibility index (Phi) is 4.38. The van der Waals surface area contributed by atoms with E-state index in [1.165, 1.54) is 6.20 Å². The van der Waals surface area contributed by atoms with E-state index in [0.717, 1.165) is 5.69 Å². The van der Waals surface area contributed by atoms with Gasteiger partial charge in [0.25, 0.3) is 5.91 Å². The van der Waals surface area contributed by atoms with Gasteiger partial charge in [-0.25, -0.2) is 14.4 Å². The van der Waals surface area contributed by atoms with Gasteiger partial charge in [-0.3, -0.25) is 9.36 Å². The van der Waals surface area contributed by atoms with Crippen LogP contribution in [0.25, 0.3) is 16.9 Å². The Morgan fingerprint density at radius 2 is 2.00 bits per heavy atom. The number of piperidine rings is 1. The molecule has 0 radical (unpaired) electrons. The topological polar surface area (TPSA) is 71.8 Å². The zero-order valence-corrected chi connectivity index (χ0v) is 14.3. The van der Waals surface area contributed by atoms with E-state index < -0.39 is 5.67 Å². The summed E-state index contributed by atoms with van der Waals surface area (Å²) in [5, 5.41) is 5.82. The van der Waals surface area contributed by atoms with Gasteiger partial charge < -0.3 is 10.6 Å². The van der Waals surface area contributed by atoms with Crippen LogP contribution in [0.1, 0.15) is 23.2 Å². The predicted molar refractivity (Wildman–Crippen MR) is 97.1 cm³/mol. The van der Waals surface area contributed by atoms with Crippen LogP contribution in [0, 0.1) is 0 Å². The van der Waals surface area contributed by atoms with E-state index in [9.17, 15) is 9.18 Å². The fourth-order valence-electron chi connectivity index (χ4n) is 3.20. The van der Waals surface area contributed by atoms with E-state index in [4.69, 9.17) is 0 Å². The van der Waals surface area contributed by atoms with Crippen LogP contribution in [-0.2, 0) is 0 Å². The summed E-state index contributed by atoms with van der Waals surface area (Å²) < 4.78 is 16.5.